The molecule has 4 aromatic rings. The number of aryl methyl sites for hydroxylation is 1. The second-order valence-corrected chi connectivity index (χ2v) is 9.32. The Kier molecular flexibility index (Phi) is 6.97. The number of methoxy groups -OCH3 is 2. The summed E-state index contributed by atoms with van der Waals surface area (Å²) in [6.07, 6.45) is 1.43. The zero-order valence-corrected chi connectivity index (χ0v) is 21.7. The third kappa shape index (κ3) is 4.90. The van der Waals surface area contributed by atoms with Crippen LogP contribution in [0.5, 0.6) is 11.5 Å². The maximum Gasteiger partial charge on any atom is 0.251 e. The van der Waals surface area contributed by atoms with E-state index in [-0.39, 0.29) is 11.9 Å². The van der Waals surface area contributed by atoms with Crippen molar-refractivity contribution in [2.45, 2.75) is 25.3 Å². The highest BCUT2D eigenvalue weighted by Gasteiger charge is 2.41. The Bertz CT molecular complexity index is 1490. The molecule has 1 amide bonds. The summed E-state index contributed by atoms with van der Waals surface area (Å²) in [7, 11) is 3.18. The van der Waals surface area contributed by atoms with Crippen LogP contribution in [0.3, 0.4) is 0 Å². The van der Waals surface area contributed by atoms with Gasteiger partial charge < -0.3 is 31.2 Å². The molecule has 1 saturated heterocycles. The van der Waals surface area contributed by atoms with E-state index in [0.29, 0.717) is 47.0 Å². The van der Waals surface area contributed by atoms with E-state index in [4.69, 9.17) is 20.2 Å². The molecule has 2 aromatic carbocycles. The molecule has 38 heavy (non-hydrogen) atoms. The van der Waals surface area contributed by atoms with Crippen LogP contribution in [0.15, 0.2) is 54.6 Å². The quantitative estimate of drug-likeness (QED) is 0.291. The molecule has 1 aliphatic heterocycles. The molecule has 5 N–H and O–H groups in total. The van der Waals surface area contributed by atoms with Crippen LogP contribution in [-0.2, 0) is 4.79 Å². The van der Waals surface area contributed by atoms with Crippen LogP contribution >= 0.6 is 0 Å². The van der Waals surface area contributed by atoms with Crippen molar-refractivity contribution in [1.82, 2.24) is 20.3 Å². The van der Waals surface area contributed by atoms with Crippen molar-refractivity contribution in [2.75, 3.05) is 43.7 Å². The van der Waals surface area contributed by atoms with Crippen LogP contribution in [0, 0.1) is 6.92 Å². The van der Waals surface area contributed by atoms with Gasteiger partial charge in [0.25, 0.3) is 5.91 Å². The van der Waals surface area contributed by atoms with Crippen molar-refractivity contribution < 1.29 is 14.3 Å². The Balaban J connectivity index is 1.55. The topological polar surface area (TPSA) is 136 Å². The lowest BCUT2D eigenvalue weighted by atomic mass is 9.88. The minimum atomic E-state index is -0.963. The number of nitrogens with one attached hydrogen (secondary N) is 3. The van der Waals surface area contributed by atoms with Gasteiger partial charge in [0.05, 0.1) is 25.4 Å². The lowest BCUT2D eigenvalue weighted by Crippen LogP contribution is -2.59. The van der Waals surface area contributed by atoms with E-state index in [9.17, 15) is 4.79 Å². The zero-order valence-electron chi connectivity index (χ0n) is 21.7. The number of pyridine rings is 1. The molecule has 0 saturated carbocycles. The van der Waals surface area contributed by atoms with Gasteiger partial charge in [-0.15, -0.1) is 0 Å². The van der Waals surface area contributed by atoms with Crippen LogP contribution in [0.25, 0.3) is 22.3 Å². The van der Waals surface area contributed by atoms with Gasteiger partial charge in [0, 0.05) is 17.8 Å². The molecule has 1 unspecified atom stereocenters. The summed E-state index contributed by atoms with van der Waals surface area (Å²) < 4.78 is 10.8. The van der Waals surface area contributed by atoms with Gasteiger partial charge in [-0.1, -0.05) is 18.2 Å². The fourth-order valence-electron chi connectivity index (χ4n) is 4.72. The van der Waals surface area contributed by atoms with Crippen molar-refractivity contribution in [3.05, 3.63) is 60.2 Å². The van der Waals surface area contributed by atoms with Gasteiger partial charge in [-0.25, -0.2) is 9.97 Å². The molecule has 1 fully saturated rings. The number of benzene rings is 2. The fraction of sp³-hybridized carbons (Fsp3) is 0.286. The first-order chi connectivity index (χ1) is 18.4. The lowest BCUT2D eigenvalue weighted by molar-refractivity contribution is -0.120. The first kappa shape index (κ1) is 25.2. The van der Waals surface area contributed by atoms with Crippen LogP contribution < -0.4 is 31.2 Å². The maximum atomic E-state index is 13.8. The monoisotopic (exact) mass is 513 g/mol. The van der Waals surface area contributed by atoms with Gasteiger partial charge in [-0.05, 0) is 68.3 Å². The number of amides is 1. The molecule has 2 aromatic heterocycles. The second kappa shape index (κ2) is 10.5. The van der Waals surface area contributed by atoms with Crippen molar-refractivity contribution in [3.63, 3.8) is 0 Å². The Hall–Kier alpha value is -4.44. The number of fused-ring (bicyclic) bond motifs is 1. The minimum absolute atomic E-state index is 0.0962. The third-order valence-corrected chi connectivity index (χ3v) is 6.81. The Morgan fingerprint density at radius 2 is 1.84 bits per heavy atom. The third-order valence-electron chi connectivity index (χ3n) is 6.81. The van der Waals surface area contributed by atoms with Crippen molar-refractivity contribution in [2.24, 2.45) is 0 Å². The number of piperidine rings is 1. The van der Waals surface area contributed by atoms with E-state index in [1.54, 1.807) is 14.2 Å². The highest BCUT2D eigenvalue weighted by molar-refractivity contribution is 6.02. The molecule has 0 bridgehead atoms. The molecule has 3 heterocycles. The molecule has 10 heteroatoms. The molecule has 0 radical (unpaired) electrons. The first-order valence-corrected chi connectivity index (χ1v) is 12.4. The Labute approximate surface area is 221 Å². The number of nitrogens with two attached hydrogens (primary N) is 1. The number of hydrogen-bond donors (Lipinski definition) is 4. The number of rotatable bonds is 7. The molecule has 0 aliphatic carbocycles. The van der Waals surface area contributed by atoms with Gasteiger partial charge in [-0.3, -0.25) is 4.79 Å². The highest BCUT2D eigenvalue weighted by atomic mass is 16.5. The normalized spacial score (nSPS) is 17.1. The fourth-order valence-corrected chi connectivity index (χ4v) is 4.72. The second-order valence-electron chi connectivity index (χ2n) is 9.32. The highest BCUT2D eigenvalue weighted by Crippen LogP contribution is 2.34. The molecule has 10 nitrogen and oxygen atoms in total. The summed E-state index contributed by atoms with van der Waals surface area (Å²) in [5.41, 5.74) is 9.47. The molecular formula is C28H31N7O3. The molecule has 196 valence electrons. The van der Waals surface area contributed by atoms with Gasteiger partial charge in [0.1, 0.15) is 11.1 Å². The summed E-state index contributed by atoms with van der Waals surface area (Å²) in [5, 5.41) is 9.88. The van der Waals surface area contributed by atoms with Gasteiger partial charge in [0.15, 0.2) is 17.3 Å². The molecule has 1 atom stereocenters. The van der Waals surface area contributed by atoms with E-state index in [1.807, 2.05) is 61.5 Å². The number of nitrogen functional groups attached to an aromatic ring is 1. The van der Waals surface area contributed by atoms with Crippen LogP contribution in [0.2, 0.25) is 0 Å². The average Bonchev–Trinajstić information content (AvgIpc) is 2.94. The van der Waals surface area contributed by atoms with Crippen LogP contribution in [-0.4, -0.2) is 53.7 Å². The number of carbonyl (C=O) groups is 1. The van der Waals surface area contributed by atoms with Crippen LogP contribution in [0.1, 0.15) is 18.4 Å². The largest absolute Gasteiger partial charge is 0.493 e. The number of aromatic nitrogens is 3. The molecule has 5 rings (SSSR count). The summed E-state index contributed by atoms with van der Waals surface area (Å²) in [5.74, 6) is 1.57. The summed E-state index contributed by atoms with van der Waals surface area (Å²) in [4.78, 5) is 27.5. The predicted octanol–water partition coefficient (Wildman–Crippen LogP) is 3.77. The first-order valence-electron chi connectivity index (χ1n) is 12.4. The van der Waals surface area contributed by atoms with Gasteiger partial charge >= 0.3 is 0 Å². The van der Waals surface area contributed by atoms with Crippen molar-refractivity contribution >= 4 is 34.4 Å². The summed E-state index contributed by atoms with van der Waals surface area (Å²) in [6, 6.07) is 17.0. The SMILES string of the molecule is COc1ccc(-c2ccc3nc(N)nc(NC4(C(=O)Nc5ccccc5C)CCCNC4)c3n2)cc1OC. The number of hydrogen-bond acceptors (Lipinski definition) is 9. The number of para-hydroxylation sites is 1. The standard InChI is InChI=1S/C28H31N7O3/c1-17-7-4-5-8-19(17)32-26(36)28(13-6-14-30-16-28)35-25-24-21(33-27(29)34-25)11-10-20(31-24)18-9-12-22(37-2)23(15-18)38-3/h4-5,7-12,15,30H,6,13-14,16H2,1-3H3,(H,32,36)(H3,29,33,34,35). The number of nitrogens with zero attached hydrogens (tertiary/aromatic N) is 3. The summed E-state index contributed by atoms with van der Waals surface area (Å²) in [6.45, 7) is 3.22. The molecular weight excluding hydrogens is 482 g/mol. The predicted molar refractivity (Wildman–Crippen MR) is 149 cm³/mol. The van der Waals surface area contributed by atoms with Crippen molar-refractivity contribution in [3.8, 4) is 22.8 Å². The number of anilines is 3. The lowest BCUT2D eigenvalue weighted by Gasteiger charge is -2.37. The number of carbonyl (C=O) groups excluding carboxylic acids is 1. The number of ether oxygens (including phenoxy) is 2. The smallest absolute Gasteiger partial charge is 0.251 e. The van der Waals surface area contributed by atoms with Crippen molar-refractivity contribution in [1.29, 1.82) is 0 Å². The van der Waals surface area contributed by atoms with E-state index in [2.05, 4.69) is 25.9 Å². The zero-order chi connectivity index (χ0) is 26.7. The molecule has 0 spiro atoms. The Morgan fingerprint density at radius 1 is 1.03 bits per heavy atom. The van der Waals surface area contributed by atoms with E-state index in [1.165, 1.54) is 0 Å². The average molecular weight is 514 g/mol. The van der Waals surface area contributed by atoms with E-state index in [0.717, 1.165) is 29.8 Å². The maximum absolute atomic E-state index is 13.8. The van der Waals surface area contributed by atoms with Gasteiger partial charge in [0.2, 0.25) is 5.95 Å². The Morgan fingerprint density at radius 3 is 2.58 bits per heavy atom. The molecule has 1 aliphatic rings. The van der Waals surface area contributed by atoms with Crippen LogP contribution in [0.4, 0.5) is 17.5 Å². The summed E-state index contributed by atoms with van der Waals surface area (Å²) >= 11 is 0. The van der Waals surface area contributed by atoms with Gasteiger partial charge in [-0.2, -0.15) is 4.98 Å². The van der Waals surface area contributed by atoms with E-state index >= 15 is 0 Å². The van der Waals surface area contributed by atoms with E-state index < -0.39 is 5.54 Å². The minimum Gasteiger partial charge on any atom is -0.493 e.